The number of non-ortho nitro benzene ring substituents is 1. The summed E-state index contributed by atoms with van der Waals surface area (Å²) in [7, 11) is 0. The number of fused-ring (bicyclic) bond motifs is 1. The van der Waals surface area contributed by atoms with Crippen LogP contribution < -0.4 is 4.90 Å². The average molecular weight is 258 g/mol. The fourth-order valence-corrected chi connectivity index (χ4v) is 2.43. The Morgan fingerprint density at radius 3 is 2.68 bits per heavy atom. The van der Waals surface area contributed by atoms with Crippen molar-refractivity contribution in [3.63, 3.8) is 0 Å². The van der Waals surface area contributed by atoms with E-state index in [0.29, 0.717) is 0 Å². The second-order valence-electron chi connectivity index (χ2n) is 4.76. The number of hydrogen-bond acceptors (Lipinski definition) is 5. The molecule has 1 saturated heterocycles. The lowest BCUT2D eigenvalue weighted by molar-refractivity contribution is -0.384. The number of hydrogen-bond donors (Lipinski definition) is 0. The van der Waals surface area contributed by atoms with Crippen molar-refractivity contribution in [3.05, 3.63) is 34.0 Å². The lowest BCUT2D eigenvalue weighted by Gasteiger charge is -2.16. The lowest BCUT2D eigenvalue weighted by Crippen LogP contribution is -2.20. The minimum atomic E-state index is -0.396. The highest BCUT2D eigenvalue weighted by atomic mass is 16.6. The van der Waals surface area contributed by atoms with Gasteiger partial charge in [-0.25, -0.2) is 9.97 Å². The molecule has 2 aromatic rings. The van der Waals surface area contributed by atoms with Crippen molar-refractivity contribution in [3.8, 4) is 0 Å². The molecule has 1 aliphatic rings. The molecular weight excluding hydrogens is 244 g/mol. The molecule has 0 saturated carbocycles. The highest BCUT2D eigenvalue weighted by molar-refractivity contribution is 5.84. The first-order chi connectivity index (χ1) is 9.15. The summed E-state index contributed by atoms with van der Waals surface area (Å²) in [5, 5.41) is 11.5. The summed E-state index contributed by atoms with van der Waals surface area (Å²) in [6.07, 6.45) is 2.33. The number of aryl methyl sites for hydroxylation is 1. The topological polar surface area (TPSA) is 72.2 Å². The maximum Gasteiger partial charge on any atom is 0.270 e. The number of nitro benzene ring substituents is 1. The second kappa shape index (κ2) is 4.46. The standard InChI is InChI=1S/C13H14N4O2/c1-9-11-8-10(17(18)19)4-5-12(11)15-13(14-9)16-6-2-3-7-16/h4-5,8H,2-3,6-7H2,1H3. The van der Waals surface area contributed by atoms with E-state index in [0.717, 1.165) is 35.6 Å². The first-order valence-electron chi connectivity index (χ1n) is 6.33. The van der Waals surface area contributed by atoms with Crippen molar-refractivity contribution in [1.29, 1.82) is 0 Å². The number of benzene rings is 1. The Balaban J connectivity index is 2.11. The van der Waals surface area contributed by atoms with Crippen LogP contribution in [0.4, 0.5) is 11.6 Å². The molecule has 6 nitrogen and oxygen atoms in total. The zero-order chi connectivity index (χ0) is 13.4. The molecule has 3 rings (SSSR count). The number of nitro groups is 1. The van der Waals surface area contributed by atoms with Gasteiger partial charge in [-0.2, -0.15) is 0 Å². The maximum absolute atomic E-state index is 10.8. The molecule has 98 valence electrons. The van der Waals surface area contributed by atoms with E-state index in [1.807, 2.05) is 6.92 Å². The van der Waals surface area contributed by atoms with Crippen molar-refractivity contribution < 1.29 is 4.92 Å². The van der Waals surface area contributed by atoms with E-state index in [4.69, 9.17) is 0 Å². The van der Waals surface area contributed by atoms with Gasteiger partial charge in [-0.15, -0.1) is 0 Å². The van der Waals surface area contributed by atoms with Crippen LogP contribution in [0.5, 0.6) is 0 Å². The minimum Gasteiger partial charge on any atom is -0.341 e. The van der Waals surface area contributed by atoms with Crippen molar-refractivity contribution in [2.24, 2.45) is 0 Å². The molecule has 0 aliphatic carbocycles. The molecule has 0 spiro atoms. The van der Waals surface area contributed by atoms with Gasteiger partial charge in [0.05, 0.1) is 16.1 Å². The molecule has 19 heavy (non-hydrogen) atoms. The largest absolute Gasteiger partial charge is 0.341 e. The summed E-state index contributed by atoms with van der Waals surface area (Å²) >= 11 is 0. The Morgan fingerprint density at radius 1 is 1.26 bits per heavy atom. The fraction of sp³-hybridized carbons (Fsp3) is 0.385. The smallest absolute Gasteiger partial charge is 0.270 e. The third kappa shape index (κ3) is 2.09. The molecule has 2 heterocycles. The van der Waals surface area contributed by atoms with Crippen LogP contribution in [-0.2, 0) is 0 Å². The lowest BCUT2D eigenvalue weighted by atomic mass is 10.2. The van der Waals surface area contributed by atoms with Gasteiger partial charge < -0.3 is 4.90 Å². The molecule has 0 bridgehead atoms. The molecule has 0 unspecified atom stereocenters. The quantitative estimate of drug-likeness (QED) is 0.611. The third-order valence-corrected chi connectivity index (χ3v) is 3.46. The number of anilines is 1. The van der Waals surface area contributed by atoms with Crippen LogP contribution in [0, 0.1) is 17.0 Å². The minimum absolute atomic E-state index is 0.0770. The van der Waals surface area contributed by atoms with Gasteiger partial charge in [0.1, 0.15) is 0 Å². The van der Waals surface area contributed by atoms with Crippen LogP contribution in [-0.4, -0.2) is 28.0 Å². The summed E-state index contributed by atoms with van der Waals surface area (Å²) in [5.74, 6) is 0.733. The van der Waals surface area contributed by atoms with Gasteiger partial charge in [0.25, 0.3) is 5.69 Å². The van der Waals surface area contributed by atoms with E-state index >= 15 is 0 Å². The van der Waals surface area contributed by atoms with Crippen molar-refractivity contribution in [2.45, 2.75) is 19.8 Å². The first-order valence-corrected chi connectivity index (χ1v) is 6.33. The predicted molar refractivity (Wildman–Crippen MR) is 72.4 cm³/mol. The molecule has 0 N–H and O–H groups in total. The molecule has 0 atom stereocenters. The Labute approximate surface area is 110 Å². The highest BCUT2D eigenvalue weighted by Gasteiger charge is 2.17. The molecule has 0 amide bonds. The van der Waals surface area contributed by atoms with Crippen LogP contribution in [0.2, 0.25) is 0 Å². The van der Waals surface area contributed by atoms with Gasteiger partial charge >= 0.3 is 0 Å². The Kier molecular flexibility index (Phi) is 2.77. The van der Waals surface area contributed by atoms with E-state index < -0.39 is 4.92 Å². The van der Waals surface area contributed by atoms with E-state index in [1.165, 1.54) is 18.9 Å². The first kappa shape index (κ1) is 11.8. The summed E-state index contributed by atoms with van der Waals surface area (Å²) in [6.45, 7) is 3.84. The van der Waals surface area contributed by atoms with Gasteiger partial charge in [0.15, 0.2) is 0 Å². The summed E-state index contributed by atoms with van der Waals surface area (Å²) in [6, 6.07) is 4.72. The zero-order valence-corrected chi connectivity index (χ0v) is 10.7. The molecule has 1 fully saturated rings. The Bertz CT molecular complexity index is 650. The van der Waals surface area contributed by atoms with E-state index in [2.05, 4.69) is 14.9 Å². The monoisotopic (exact) mass is 258 g/mol. The molecule has 1 aromatic carbocycles. The molecule has 1 aliphatic heterocycles. The molecule has 1 aromatic heterocycles. The van der Waals surface area contributed by atoms with E-state index in [1.54, 1.807) is 12.1 Å². The molecule has 0 radical (unpaired) electrons. The highest BCUT2D eigenvalue weighted by Crippen LogP contribution is 2.25. The van der Waals surface area contributed by atoms with Gasteiger partial charge in [0.2, 0.25) is 5.95 Å². The predicted octanol–water partition coefficient (Wildman–Crippen LogP) is 2.45. The third-order valence-electron chi connectivity index (χ3n) is 3.46. The zero-order valence-electron chi connectivity index (χ0n) is 10.7. The summed E-state index contributed by atoms with van der Waals surface area (Å²) in [4.78, 5) is 21.5. The van der Waals surface area contributed by atoms with E-state index in [9.17, 15) is 10.1 Å². The van der Waals surface area contributed by atoms with Gasteiger partial charge in [-0.3, -0.25) is 10.1 Å². The van der Waals surface area contributed by atoms with Gasteiger partial charge in [0, 0.05) is 30.6 Å². The van der Waals surface area contributed by atoms with Crippen molar-refractivity contribution in [2.75, 3.05) is 18.0 Å². The Hall–Kier alpha value is -2.24. The SMILES string of the molecule is Cc1nc(N2CCCC2)nc2ccc([N+](=O)[O-])cc12. The Morgan fingerprint density at radius 2 is 2.00 bits per heavy atom. The number of rotatable bonds is 2. The maximum atomic E-state index is 10.8. The molecular formula is C13H14N4O2. The number of aromatic nitrogens is 2. The summed E-state index contributed by atoms with van der Waals surface area (Å²) < 4.78 is 0. The fourth-order valence-electron chi connectivity index (χ4n) is 2.43. The summed E-state index contributed by atoms with van der Waals surface area (Å²) in [5.41, 5.74) is 1.63. The second-order valence-corrected chi connectivity index (χ2v) is 4.76. The molecule has 6 heteroatoms. The van der Waals surface area contributed by atoms with Crippen LogP contribution in [0.25, 0.3) is 10.9 Å². The van der Waals surface area contributed by atoms with Crippen LogP contribution in [0.1, 0.15) is 18.5 Å². The van der Waals surface area contributed by atoms with Crippen molar-refractivity contribution in [1.82, 2.24) is 9.97 Å². The van der Waals surface area contributed by atoms with Crippen molar-refractivity contribution >= 4 is 22.5 Å². The van der Waals surface area contributed by atoms with Crippen LogP contribution in [0.3, 0.4) is 0 Å². The number of nitrogens with zero attached hydrogens (tertiary/aromatic N) is 4. The van der Waals surface area contributed by atoms with Crippen LogP contribution in [0.15, 0.2) is 18.2 Å². The van der Waals surface area contributed by atoms with Gasteiger partial charge in [-0.1, -0.05) is 0 Å². The van der Waals surface area contributed by atoms with E-state index in [-0.39, 0.29) is 5.69 Å². The normalized spacial score (nSPS) is 15.1. The van der Waals surface area contributed by atoms with Crippen LogP contribution >= 0.6 is 0 Å². The van der Waals surface area contributed by atoms with Gasteiger partial charge in [-0.05, 0) is 25.8 Å². The average Bonchev–Trinajstić information content (AvgIpc) is 2.92.